The molecule has 2 unspecified atom stereocenters. The second-order valence-electron chi connectivity index (χ2n) is 5.20. The van der Waals surface area contributed by atoms with E-state index in [0.717, 1.165) is 25.7 Å². The molecule has 0 aromatic heterocycles. The van der Waals surface area contributed by atoms with Crippen LogP contribution in [0.5, 0.6) is 0 Å². The maximum Gasteiger partial charge on any atom is 0.254 e. The van der Waals surface area contributed by atoms with Gasteiger partial charge in [-0.25, -0.2) is 4.39 Å². The van der Waals surface area contributed by atoms with Crippen LogP contribution in [-0.4, -0.2) is 11.9 Å². The number of carbonyl (C=O) groups excluding carboxylic acids is 1. The highest BCUT2D eigenvalue weighted by molar-refractivity contribution is 7.80. The Hall–Kier alpha value is -1.03. The number of benzene rings is 1. The lowest BCUT2D eigenvalue weighted by Crippen LogP contribution is -2.42. The van der Waals surface area contributed by atoms with Crippen LogP contribution in [-0.2, 0) is 0 Å². The quantitative estimate of drug-likeness (QED) is 0.810. The molecule has 19 heavy (non-hydrogen) atoms. The van der Waals surface area contributed by atoms with Gasteiger partial charge in [0, 0.05) is 10.9 Å². The molecule has 2 atom stereocenters. The number of carbonyl (C=O) groups is 1. The van der Waals surface area contributed by atoms with Crippen molar-refractivity contribution in [2.24, 2.45) is 5.92 Å². The summed E-state index contributed by atoms with van der Waals surface area (Å²) >= 11 is 4.15. The van der Waals surface area contributed by atoms with Gasteiger partial charge in [-0.05, 0) is 37.0 Å². The number of hydrogen-bond donors (Lipinski definition) is 2. The van der Waals surface area contributed by atoms with Gasteiger partial charge in [0.2, 0.25) is 0 Å². The number of thiol groups is 1. The van der Waals surface area contributed by atoms with Gasteiger partial charge < -0.3 is 5.32 Å². The lowest BCUT2D eigenvalue weighted by atomic mass is 9.83. The average molecular weight is 281 g/mol. The van der Waals surface area contributed by atoms with E-state index in [-0.39, 0.29) is 17.5 Å². The Morgan fingerprint density at radius 1 is 1.42 bits per heavy atom. The third kappa shape index (κ3) is 3.50. The molecular formula is C15H20FNOS. The monoisotopic (exact) mass is 281 g/mol. The summed E-state index contributed by atoms with van der Waals surface area (Å²) in [5.74, 6) is -0.294. The number of nitrogens with one attached hydrogen (secondary N) is 1. The molecule has 0 bridgehead atoms. The molecule has 0 saturated heterocycles. The fraction of sp³-hybridized carbons (Fsp3) is 0.533. The molecule has 1 aliphatic carbocycles. The lowest BCUT2D eigenvalue weighted by molar-refractivity contribution is 0.0900. The Bertz CT molecular complexity index is 463. The van der Waals surface area contributed by atoms with Gasteiger partial charge in [0.25, 0.3) is 5.91 Å². The van der Waals surface area contributed by atoms with E-state index in [1.807, 2.05) is 0 Å². The van der Waals surface area contributed by atoms with Crippen molar-refractivity contribution in [3.05, 3.63) is 29.6 Å². The number of amides is 1. The summed E-state index contributed by atoms with van der Waals surface area (Å²) in [4.78, 5) is 12.8. The molecule has 1 amide bonds. The van der Waals surface area contributed by atoms with Gasteiger partial charge >= 0.3 is 0 Å². The van der Waals surface area contributed by atoms with Gasteiger partial charge in [0.15, 0.2) is 0 Å². The van der Waals surface area contributed by atoms with E-state index in [1.165, 1.54) is 18.6 Å². The van der Waals surface area contributed by atoms with E-state index in [4.69, 9.17) is 0 Å². The first kappa shape index (κ1) is 14.4. The molecule has 0 aliphatic heterocycles. The number of halogens is 1. The fourth-order valence-corrected chi connectivity index (χ4v) is 3.02. The second kappa shape index (κ2) is 6.42. The Balaban J connectivity index is 2.09. The summed E-state index contributed by atoms with van der Waals surface area (Å²) in [6.45, 7) is 2.14. The Morgan fingerprint density at radius 3 is 2.89 bits per heavy atom. The normalized spacial score (nSPS) is 23.1. The highest BCUT2D eigenvalue weighted by Crippen LogP contribution is 2.27. The minimum atomic E-state index is -0.487. The van der Waals surface area contributed by atoms with Crippen LogP contribution in [0.1, 0.15) is 49.4 Å². The van der Waals surface area contributed by atoms with E-state index in [9.17, 15) is 9.18 Å². The predicted molar refractivity (Wildman–Crippen MR) is 77.2 cm³/mol. The van der Waals surface area contributed by atoms with Crippen molar-refractivity contribution in [3.8, 4) is 0 Å². The molecule has 1 aromatic carbocycles. The van der Waals surface area contributed by atoms with E-state index in [1.54, 1.807) is 6.07 Å². The fourth-order valence-electron chi connectivity index (χ4n) is 2.82. The highest BCUT2D eigenvalue weighted by Gasteiger charge is 2.26. The smallest absolute Gasteiger partial charge is 0.254 e. The summed E-state index contributed by atoms with van der Waals surface area (Å²) in [6.07, 6.45) is 5.56. The van der Waals surface area contributed by atoms with Gasteiger partial charge in [-0.2, -0.15) is 0 Å². The van der Waals surface area contributed by atoms with E-state index in [0.29, 0.717) is 10.8 Å². The predicted octanol–water partition coefficient (Wildman–Crippen LogP) is 3.81. The number of hydrogen-bond acceptors (Lipinski definition) is 2. The molecule has 104 valence electrons. The minimum absolute atomic E-state index is 0.0907. The van der Waals surface area contributed by atoms with Crippen LogP contribution < -0.4 is 5.32 Å². The van der Waals surface area contributed by atoms with Crippen LogP contribution in [0.25, 0.3) is 0 Å². The largest absolute Gasteiger partial charge is 0.349 e. The van der Waals surface area contributed by atoms with Crippen LogP contribution in [0.4, 0.5) is 4.39 Å². The Morgan fingerprint density at radius 2 is 2.16 bits per heavy atom. The van der Waals surface area contributed by atoms with Crippen molar-refractivity contribution in [1.29, 1.82) is 0 Å². The zero-order chi connectivity index (χ0) is 13.8. The van der Waals surface area contributed by atoms with Crippen molar-refractivity contribution in [1.82, 2.24) is 5.32 Å². The van der Waals surface area contributed by atoms with Crippen LogP contribution >= 0.6 is 12.6 Å². The summed E-state index contributed by atoms with van der Waals surface area (Å²) in [5, 5.41) is 2.99. The zero-order valence-corrected chi connectivity index (χ0v) is 12.1. The molecule has 1 aromatic rings. The van der Waals surface area contributed by atoms with Crippen LogP contribution in [0.15, 0.2) is 23.1 Å². The van der Waals surface area contributed by atoms with Crippen molar-refractivity contribution in [3.63, 3.8) is 0 Å². The molecule has 2 nitrogen and oxygen atoms in total. The minimum Gasteiger partial charge on any atom is -0.349 e. The van der Waals surface area contributed by atoms with Crippen molar-refractivity contribution >= 4 is 18.5 Å². The molecule has 1 aliphatic rings. The molecule has 4 heteroatoms. The molecule has 0 spiro atoms. The Labute approximate surface area is 119 Å². The van der Waals surface area contributed by atoms with E-state index in [2.05, 4.69) is 24.9 Å². The van der Waals surface area contributed by atoms with Crippen molar-refractivity contribution in [2.45, 2.75) is 50.0 Å². The summed E-state index contributed by atoms with van der Waals surface area (Å²) in [7, 11) is 0. The second-order valence-corrected chi connectivity index (χ2v) is 5.71. The van der Waals surface area contributed by atoms with E-state index < -0.39 is 5.82 Å². The molecule has 0 radical (unpaired) electrons. The average Bonchev–Trinajstić information content (AvgIpc) is 2.42. The van der Waals surface area contributed by atoms with Crippen LogP contribution in [0.3, 0.4) is 0 Å². The van der Waals surface area contributed by atoms with Crippen molar-refractivity contribution in [2.75, 3.05) is 0 Å². The maximum atomic E-state index is 13.7. The van der Waals surface area contributed by atoms with Crippen LogP contribution in [0, 0.1) is 11.7 Å². The van der Waals surface area contributed by atoms with E-state index >= 15 is 0 Å². The third-order valence-electron chi connectivity index (χ3n) is 3.94. The van der Waals surface area contributed by atoms with Gasteiger partial charge in [0.05, 0.1) is 5.56 Å². The first-order valence-electron chi connectivity index (χ1n) is 6.91. The third-order valence-corrected chi connectivity index (χ3v) is 4.22. The molecule has 1 fully saturated rings. The van der Waals surface area contributed by atoms with Gasteiger partial charge in [0.1, 0.15) is 5.82 Å². The first-order chi connectivity index (χ1) is 9.11. The van der Waals surface area contributed by atoms with Gasteiger partial charge in [-0.1, -0.05) is 26.2 Å². The maximum absolute atomic E-state index is 13.7. The molecule has 1 N–H and O–H groups in total. The molecule has 2 rings (SSSR count). The number of rotatable bonds is 3. The van der Waals surface area contributed by atoms with Gasteiger partial charge in [-0.3, -0.25) is 4.79 Å². The standard InChI is InChI=1S/C15H20FNOS/c1-2-10-5-3-4-6-14(10)17-15(18)12-9-11(19)7-8-13(12)16/h7-10,14,19H,2-6H2,1H3,(H,17,18). The highest BCUT2D eigenvalue weighted by atomic mass is 32.1. The van der Waals surface area contributed by atoms with Crippen molar-refractivity contribution < 1.29 is 9.18 Å². The summed E-state index contributed by atoms with van der Waals surface area (Å²) < 4.78 is 13.7. The molecule has 1 saturated carbocycles. The topological polar surface area (TPSA) is 29.1 Å². The summed E-state index contributed by atoms with van der Waals surface area (Å²) in [5.41, 5.74) is 0.0907. The van der Waals surface area contributed by atoms with Crippen LogP contribution in [0.2, 0.25) is 0 Å². The summed E-state index contributed by atoms with van der Waals surface area (Å²) in [6, 6.07) is 4.49. The zero-order valence-electron chi connectivity index (χ0n) is 11.2. The molecular weight excluding hydrogens is 261 g/mol. The van der Waals surface area contributed by atoms with Gasteiger partial charge in [-0.15, -0.1) is 12.6 Å². The lowest BCUT2D eigenvalue weighted by Gasteiger charge is -2.31. The Kier molecular flexibility index (Phi) is 4.86. The first-order valence-corrected chi connectivity index (χ1v) is 7.36. The molecule has 0 heterocycles. The SMILES string of the molecule is CCC1CCCCC1NC(=O)c1cc(S)ccc1F.